The number of imide groups is 1. The van der Waals surface area contributed by atoms with Gasteiger partial charge in [-0.15, -0.1) is 0 Å². The van der Waals surface area contributed by atoms with Crippen molar-refractivity contribution in [3.05, 3.63) is 57.6 Å². The zero-order valence-electron chi connectivity index (χ0n) is 15.8. The minimum atomic E-state index is -0.690. The molecule has 0 bridgehead atoms. The van der Waals surface area contributed by atoms with Crippen LogP contribution in [0.1, 0.15) is 45.2 Å². The second-order valence-corrected chi connectivity index (χ2v) is 6.77. The van der Waals surface area contributed by atoms with Gasteiger partial charge in [0, 0.05) is 12.6 Å². The SMILES string of the molecule is CCOc1cc(C#N)cc(Cl)c1OC(=O)CCN1C(=O)c2ccc(C)cc2C1=O. The van der Waals surface area contributed by atoms with E-state index in [0.29, 0.717) is 11.1 Å². The second kappa shape index (κ2) is 8.33. The van der Waals surface area contributed by atoms with E-state index in [1.807, 2.05) is 13.0 Å². The molecule has 2 aromatic rings. The van der Waals surface area contributed by atoms with Crippen LogP contribution in [-0.4, -0.2) is 35.8 Å². The summed E-state index contributed by atoms with van der Waals surface area (Å²) in [7, 11) is 0. The van der Waals surface area contributed by atoms with Crippen molar-refractivity contribution in [2.24, 2.45) is 0 Å². The number of amides is 2. The molecule has 29 heavy (non-hydrogen) atoms. The topological polar surface area (TPSA) is 96.7 Å². The van der Waals surface area contributed by atoms with Crippen LogP contribution in [0.4, 0.5) is 0 Å². The quantitative estimate of drug-likeness (QED) is 0.409. The van der Waals surface area contributed by atoms with Gasteiger partial charge < -0.3 is 9.47 Å². The summed E-state index contributed by atoms with van der Waals surface area (Å²) < 4.78 is 10.7. The predicted octanol–water partition coefficient (Wildman–Crippen LogP) is 3.51. The minimum absolute atomic E-state index is 0.00416. The number of fused-ring (bicyclic) bond motifs is 1. The number of hydrogen-bond acceptors (Lipinski definition) is 6. The summed E-state index contributed by atoms with van der Waals surface area (Å²) >= 11 is 6.12. The number of halogens is 1. The Bertz CT molecular complexity index is 1060. The molecular formula is C21H17ClN2O5. The van der Waals surface area contributed by atoms with Crippen molar-refractivity contribution < 1.29 is 23.9 Å². The normalized spacial score (nSPS) is 12.6. The van der Waals surface area contributed by atoms with Crippen LogP contribution in [0.3, 0.4) is 0 Å². The standard InChI is InChI=1S/C21H17ClN2O5/c1-3-28-17-10-13(11-23)9-16(22)19(17)29-18(25)6-7-24-20(26)14-5-4-12(2)8-15(14)21(24)27/h4-5,8-10H,3,6-7H2,1-2H3. The molecule has 2 amide bonds. The molecule has 0 radical (unpaired) electrons. The Labute approximate surface area is 172 Å². The van der Waals surface area contributed by atoms with Crippen LogP contribution in [0, 0.1) is 18.3 Å². The molecule has 0 aliphatic carbocycles. The van der Waals surface area contributed by atoms with Gasteiger partial charge in [0.2, 0.25) is 0 Å². The number of carbonyl (C=O) groups excluding carboxylic acids is 3. The molecule has 0 atom stereocenters. The third kappa shape index (κ3) is 4.08. The van der Waals surface area contributed by atoms with Crippen LogP contribution >= 0.6 is 11.6 Å². The number of carbonyl (C=O) groups is 3. The number of nitriles is 1. The summed E-state index contributed by atoms with van der Waals surface area (Å²) in [5, 5.41) is 9.09. The van der Waals surface area contributed by atoms with E-state index in [-0.39, 0.29) is 41.7 Å². The van der Waals surface area contributed by atoms with Gasteiger partial charge in [-0.05, 0) is 32.0 Å². The molecule has 148 valence electrons. The van der Waals surface area contributed by atoms with Crippen LogP contribution in [0.15, 0.2) is 30.3 Å². The predicted molar refractivity (Wildman–Crippen MR) is 104 cm³/mol. The molecular weight excluding hydrogens is 396 g/mol. The van der Waals surface area contributed by atoms with Gasteiger partial charge in [-0.2, -0.15) is 5.26 Å². The highest BCUT2D eigenvalue weighted by Gasteiger charge is 2.35. The molecule has 8 heteroatoms. The third-order valence-electron chi connectivity index (χ3n) is 4.32. The average Bonchev–Trinajstić information content (AvgIpc) is 2.92. The maximum absolute atomic E-state index is 12.5. The Balaban J connectivity index is 1.71. The number of hydrogen-bond donors (Lipinski definition) is 0. The fourth-order valence-corrected chi connectivity index (χ4v) is 3.22. The maximum Gasteiger partial charge on any atom is 0.313 e. The van der Waals surface area contributed by atoms with E-state index >= 15 is 0 Å². The molecule has 2 aromatic carbocycles. The first-order valence-corrected chi connectivity index (χ1v) is 9.27. The maximum atomic E-state index is 12.5. The first-order chi connectivity index (χ1) is 13.8. The average molecular weight is 413 g/mol. The number of rotatable bonds is 6. The van der Waals surface area contributed by atoms with Gasteiger partial charge in [0.25, 0.3) is 11.8 Å². The van der Waals surface area contributed by atoms with E-state index < -0.39 is 17.8 Å². The summed E-state index contributed by atoms with van der Waals surface area (Å²) in [4.78, 5) is 38.3. The molecule has 7 nitrogen and oxygen atoms in total. The Morgan fingerprint density at radius 1 is 1.17 bits per heavy atom. The monoisotopic (exact) mass is 412 g/mol. The van der Waals surface area contributed by atoms with Crippen molar-refractivity contribution in [2.75, 3.05) is 13.2 Å². The summed E-state index contributed by atoms with van der Waals surface area (Å²) in [6.07, 6.45) is -0.216. The van der Waals surface area contributed by atoms with Crippen LogP contribution in [0.2, 0.25) is 5.02 Å². The van der Waals surface area contributed by atoms with Crippen LogP contribution in [0.5, 0.6) is 11.5 Å². The van der Waals surface area contributed by atoms with E-state index in [2.05, 4.69) is 0 Å². The highest BCUT2D eigenvalue weighted by atomic mass is 35.5. The van der Waals surface area contributed by atoms with Crippen molar-refractivity contribution in [1.82, 2.24) is 4.90 Å². The minimum Gasteiger partial charge on any atom is -0.490 e. The Morgan fingerprint density at radius 2 is 1.90 bits per heavy atom. The molecule has 0 N–H and O–H groups in total. The van der Waals surface area contributed by atoms with Gasteiger partial charge in [-0.3, -0.25) is 19.3 Å². The molecule has 0 saturated carbocycles. The van der Waals surface area contributed by atoms with Gasteiger partial charge in [0.15, 0.2) is 11.5 Å². The lowest BCUT2D eigenvalue weighted by Crippen LogP contribution is -2.32. The van der Waals surface area contributed by atoms with E-state index in [1.165, 1.54) is 12.1 Å². The molecule has 0 saturated heterocycles. The molecule has 0 aromatic heterocycles. The van der Waals surface area contributed by atoms with E-state index in [0.717, 1.165) is 10.5 Å². The number of aryl methyl sites for hydroxylation is 1. The lowest BCUT2D eigenvalue weighted by atomic mass is 10.1. The van der Waals surface area contributed by atoms with Gasteiger partial charge >= 0.3 is 5.97 Å². The van der Waals surface area contributed by atoms with E-state index in [1.54, 1.807) is 25.1 Å². The zero-order chi connectivity index (χ0) is 21.1. The van der Waals surface area contributed by atoms with Crippen molar-refractivity contribution in [2.45, 2.75) is 20.3 Å². The van der Waals surface area contributed by atoms with Gasteiger partial charge in [0.05, 0.1) is 40.8 Å². The molecule has 1 aliphatic rings. The number of ether oxygens (including phenoxy) is 2. The second-order valence-electron chi connectivity index (χ2n) is 6.37. The molecule has 0 fully saturated rings. The van der Waals surface area contributed by atoms with Crippen LogP contribution in [-0.2, 0) is 4.79 Å². The largest absolute Gasteiger partial charge is 0.490 e. The molecule has 0 spiro atoms. The fourth-order valence-electron chi connectivity index (χ4n) is 2.97. The summed E-state index contributed by atoms with van der Waals surface area (Å²) in [5.74, 6) is -1.40. The molecule has 0 unspecified atom stereocenters. The summed E-state index contributed by atoms with van der Waals surface area (Å²) in [5.41, 5.74) is 1.78. The lowest BCUT2D eigenvalue weighted by molar-refractivity contribution is -0.134. The highest BCUT2D eigenvalue weighted by molar-refractivity contribution is 6.32. The van der Waals surface area contributed by atoms with Gasteiger partial charge in [-0.25, -0.2) is 0 Å². The van der Waals surface area contributed by atoms with Gasteiger partial charge in [-0.1, -0.05) is 23.2 Å². The van der Waals surface area contributed by atoms with Gasteiger partial charge in [0.1, 0.15) is 0 Å². The van der Waals surface area contributed by atoms with Crippen molar-refractivity contribution in [3.8, 4) is 17.6 Å². The summed E-state index contributed by atoms with van der Waals surface area (Å²) in [6, 6.07) is 9.74. The highest BCUT2D eigenvalue weighted by Crippen LogP contribution is 2.37. The van der Waals surface area contributed by atoms with E-state index in [4.69, 9.17) is 26.3 Å². The van der Waals surface area contributed by atoms with E-state index in [9.17, 15) is 14.4 Å². The third-order valence-corrected chi connectivity index (χ3v) is 4.60. The Kier molecular flexibility index (Phi) is 5.85. The van der Waals surface area contributed by atoms with Crippen LogP contribution in [0.25, 0.3) is 0 Å². The fraction of sp³-hybridized carbons (Fsp3) is 0.238. The zero-order valence-corrected chi connectivity index (χ0v) is 16.6. The van der Waals surface area contributed by atoms with Crippen LogP contribution < -0.4 is 9.47 Å². The first-order valence-electron chi connectivity index (χ1n) is 8.89. The van der Waals surface area contributed by atoms with Crippen molar-refractivity contribution in [3.63, 3.8) is 0 Å². The number of benzene rings is 2. The number of esters is 1. The van der Waals surface area contributed by atoms with Crippen molar-refractivity contribution >= 4 is 29.4 Å². The Hall–Kier alpha value is -3.37. The molecule has 1 aliphatic heterocycles. The Morgan fingerprint density at radius 3 is 2.59 bits per heavy atom. The molecule has 1 heterocycles. The first kappa shape index (κ1) is 20.4. The summed E-state index contributed by atoms with van der Waals surface area (Å²) in [6.45, 7) is 3.73. The lowest BCUT2D eigenvalue weighted by Gasteiger charge is -2.15. The van der Waals surface area contributed by atoms with Crippen molar-refractivity contribution in [1.29, 1.82) is 5.26 Å². The number of nitrogens with zero attached hydrogens (tertiary/aromatic N) is 2. The molecule has 3 rings (SSSR count). The smallest absolute Gasteiger partial charge is 0.313 e.